The fourth-order valence-corrected chi connectivity index (χ4v) is 1.38. The van der Waals surface area contributed by atoms with Crippen LogP contribution in [0.1, 0.15) is 34.6 Å². The fraction of sp³-hybridized carbons (Fsp3) is 0.750. The van der Waals surface area contributed by atoms with Crippen molar-refractivity contribution in [3.05, 3.63) is 0 Å². The Labute approximate surface area is 107 Å². The van der Waals surface area contributed by atoms with E-state index in [1.165, 1.54) is 6.92 Å². The maximum atomic E-state index is 11.9. The van der Waals surface area contributed by atoms with Crippen LogP contribution in [0.3, 0.4) is 0 Å². The Kier molecular flexibility index (Phi) is 7.00. The van der Waals surface area contributed by atoms with Gasteiger partial charge >= 0.3 is 5.97 Å². The van der Waals surface area contributed by atoms with E-state index in [1.807, 2.05) is 13.8 Å². The number of amides is 2. The maximum Gasteiger partial charge on any atom is 0.328 e. The first-order chi connectivity index (χ1) is 8.29. The van der Waals surface area contributed by atoms with Crippen LogP contribution in [0.5, 0.6) is 0 Å². The number of hydrogen-bond acceptors (Lipinski definition) is 4. The lowest BCUT2D eigenvalue weighted by atomic mass is 10.0. The Hall–Kier alpha value is -1.59. The van der Waals surface area contributed by atoms with Gasteiger partial charge in [0.15, 0.2) is 0 Å². The predicted octanol–water partition coefficient (Wildman–Crippen LogP) is 0.215. The molecule has 0 aliphatic rings. The summed E-state index contributed by atoms with van der Waals surface area (Å²) in [5.41, 5.74) is 0. The van der Waals surface area contributed by atoms with Crippen LogP contribution < -0.4 is 10.6 Å². The van der Waals surface area contributed by atoms with Crippen molar-refractivity contribution in [2.75, 3.05) is 6.61 Å². The van der Waals surface area contributed by atoms with Gasteiger partial charge < -0.3 is 15.4 Å². The molecule has 2 N–H and O–H groups in total. The molecule has 0 aromatic carbocycles. The number of carbonyl (C=O) groups is 3. The number of ether oxygens (including phenoxy) is 1. The van der Waals surface area contributed by atoms with E-state index in [0.717, 1.165) is 0 Å². The summed E-state index contributed by atoms with van der Waals surface area (Å²) in [6.07, 6.45) is 0. The molecular formula is C12H22N2O4. The first-order valence-corrected chi connectivity index (χ1v) is 6.03. The van der Waals surface area contributed by atoms with Crippen LogP contribution in [0, 0.1) is 5.92 Å². The minimum Gasteiger partial charge on any atom is -0.464 e. The van der Waals surface area contributed by atoms with Gasteiger partial charge in [0, 0.05) is 6.92 Å². The summed E-state index contributed by atoms with van der Waals surface area (Å²) < 4.78 is 4.78. The van der Waals surface area contributed by atoms with Gasteiger partial charge in [0.05, 0.1) is 6.61 Å². The van der Waals surface area contributed by atoms with Gasteiger partial charge in [-0.25, -0.2) is 4.79 Å². The SMILES string of the molecule is CCOC(=O)C(C)NC(=O)C(NC(C)=O)C(C)C. The van der Waals surface area contributed by atoms with Gasteiger partial charge in [0.25, 0.3) is 0 Å². The van der Waals surface area contributed by atoms with Crippen molar-refractivity contribution in [1.29, 1.82) is 0 Å². The molecule has 0 saturated heterocycles. The first-order valence-electron chi connectivity index (χ1n) is 6.03. The third-order valence-corrected chi connectivity index (χ3v) is 2.31. The Morgan fingerprint density at radius 1 is 1.11 bits per heavy atom. The largest absolute Gasteiger partial charge is 0.464 e. The molecule has 0 aliphatic heterocycles. The van der Waals surface area contributed by atoms with Crippen LogP contribution in [-0.4, -0.2) is 36.5 Å². The molecule has 6 heteroatoms. The monoisotopic (exact) mass is 258 g/mol. The smallest absolute Gasteiger partial charge is 0.328 e. The number of rotatable bonds is 6. The highest BCUT2D eigenvalue weighted by atomic mass is 16.5. The number of nitrogens with one attached hydrogen (secondary N) is 2. The van der Waals surface area contributed by atoms with Crippen LogP contribution in [0.15, 0.2) is 0 Å². The minimum atomic E-state index is -0.729. The Balaban J connectivity index is 4.51. The molecule has 0 aromatic heterocycles. The molecule has 0 radical (unpaired) electrons. The zero-order valence-electron chi connectivity index (χ0n) is 11.6. The standard InChI is InChI=1S/C12H22N2O4/c1-6-18-12(17)8(4)13-11(16)10(7(2)3)14-9(5)15/h7-8,10H,6H2,1-5H3,(H,13,16)(H,14,15). The van der Waals surface area contributed by atoms with Crippen molar-refractivity contribution in [1.82, 2.24) is 10.6 Å². The molecule has 0 heterocycles. The zero-order valence-corrected chi connectivity index (χ0v) is 11.6. The van der Waals surface area contributed by atoms with E-state index in [0.29, 0.717) is 0 Å². The summed E-state index contributed by atoms with van der Waals surface area (Å²) in [6.45, 7) is 8.47. The molecule has 0 aliphatic carbocycles. The van der Waals surface area contributed by atoms with Gasteiger partial charge in [0.2, 0.25) is 11.8 Å². The zero-order chi connectivity index (χ0) is 14.3. The van der Waals surface area contributed by atoms with E-state index in [2.05, 4.69) is 10.6 Å². The number of hydrogen-bond donors (Lipinski definition) is 2. The molecule has 0 saturated carbocycles. The number of carbonyl (C=O) groups excluding carboxylic acids is 3. The van der Waals surface area contributed by atoms with Gasteiger partial charge in [-0.05, 0) is 19.8 Å². The topological polar surface area (TPSA) is 84.5 Å². The highest BCUT2D eigenvalue weighted by Gasteiger charge is 2.26. The molecule has 0 bridgehead atoms. The minimum absolute atomic E-state index is 0.0664. The van der Waals surface area contributed by atoms with Gasteiger partial charge in [-0.3, -0.25) is 9.59 Å². The summed E-state index contributed by atoms with van der Waals surface area (Å²) in [6, 6.07) is -1.38. The average Bonchev–Trinajstić information content (AvgIpc) is 2.25. The van der Waals surface area contributed by atoms with E-state index in [4.69, 9.17) is 4.74 Å². The van der Waals surface area contributed by atoms with Crippen molar-refractivity contribution in [2.45, 2.75) is 46.7 Å². The molecule has 2 unspecified atom stereocenters. The highest BCUT2D eigenvalue weighted by molar-refractivity contribution is 5.90. The molecule has 0 spiro atoms. The second-order valence-electron chi connectivity index (χ2n) is 4.40. The molecule has 6 nitrogen and oxygen atoms in total. The maximum absolute atomic E-state index is 11.9. The van der Waals surface area contributed by atoms with Crippen LogP contribution in [0.25, 0.3) is 0 Å². The van der Waals surface area contributed by atoms with Gasteiger partial charge in [0.1, 0.15) is 12.1 Å². The van der Waals surface area contributed by atoms with E-state index in [9.17, 15) is 14.4 Å². The predicted molar refractivity (Wildman–Crippen MR) is 66.7 cm³/mol. The van der Waals surface area contributed by atoms with Gasteiger partial charge in [-0.2, -0.15) is 0 Å². The Morgan fingerprint density at radius 3 is 2.06 bits per heavy atom. The average molecular weight is 258 g/mol. The molecule has 2 atom stereocenters. The lowest BCUT2D eigenvalue weighted by Gasteiger charge is -2.22. The summed E-state index contributed by atoms with van der Waals surface area (Å²) in [7, 11) is 0. The fourth-order valence-electron chi connectivity index (χ4n) is 1.38. The van der Waals surface area contributed by atoms with Crippen molar-refractivity contribution in [3.8, 4) is 0 Å². The van der Waals surface area contributed by atoms with E-state index < -0.39 is 18.1 Å². The molecule has 2 amide bonds. The molecule has 18 heavy (non-hydrogen) atoms. The van der Waals surface area contributed by atoms with E-state index in [-0.39, 0.29) is 24.3 Å². The van der Waals surface area contributed by atoms with Gasteiger partial charge in [-0.15, -0.1) is 0 Å². The Bertz CT molecular complexity index is 315. The lowest BCUT2D eigenvalue weighted by molar-refractivity contribution is -0.147. The van der Waals surface area contributed by atoms with Crippen LogP contribution in [0.2, 0.25) is 0 Å². The molecule has 0 fully saturated rings. The molecular weight excluding hydrogens is 236 g/mol. The Morgan fingerprint density at radius 2 is 1.67 bits per heavy atom. The van der Waals surface area contributed by atoms with Gasteiger partial charge in [-0.1, -0.05) is 13.8 Å². The van der Waals surface area contributed by atoms with Crippen LogP contribution in [0.4, 0.5) is 0 Å². The summed E-state index contributed by atoms with van der Waals surface area (Å²) >= 11 is 0. The van der Waals surface area contributed by atoms with Crippen LogP contribution in [-0.2, 0) is 19.1 Å². The molecule has 0 aromatic rings. The normalized spacial score (nSPS) is 13.7. The lowest BCUT2D eigenvalue weighted by Crippen LogP contribution is -2.52. The molecule has 0 rings (SSSR count). The van der Waals surface area contributed by atoms with Crippen molar-refractivity contribution in [3.63, 3.8) is 0 Å². The quantitative estimate of drug-likeness (QED) is 0.667. The van der Waals surface area contributed by atoms with Crippen molar-refractivity contribution < 1.29 is 19.1 Å². The van der Waals surface area contributed by atoms with Crippen LogP contribution >= 0.6 is 0 Å². The second-order valence-corrected chi connectivity index (χ2v) is 4.40. The van der Waals surface area contributed by atoms with Crippen molar-refractivity contribution >= 4 is 17.8 Å². The summed E-state index contributed by atoms with van der Waals surface area (Å²) in [5, 5.41) is 5.08. The summed E-state index contributed by atoms with van der Waals surface area (Å²) in [5.74, 6) is -1.23. The summed E-state index contributed by atoms with van der Waals surface area (Å²) in [4.78, 5) is 34.3. The first kappa shape index (κ1) is 16.4. The number of esters is 1. The second kappa shape index (κ2) is 7.68. The van der Waals surface area contributed by atoms with Crippen molar-refractivity contribution in [2.24, 2.45) is 5.92 Å². The van der Waals surface area contributed by atoms with E-state index in [1.54, 1.807) is 13.8 Å². The van der Waals surface area contributed by atoms with E-state index >= 15 is 0 Å². The molecule has 104 valence electrons. The third-order valence-electron chi connectivity index (χ3n) is 2.31. The third kappa shape index (κ3) is 5.65. The highest BCUT2D eigenvalue weighted by Crippen LogP contribution is 2.02.